The normalized spacial score (nSPS) is 52.4. The van der Waals surface area contributed by atoms with Gasteiger partial charge in [0.15, 0.2) is 0 Å². The second kappa shape index (κ2) is 1.99. The first-order chi connectivity index (χ1) is 5.02. The second-order valence-electron chi connectivity index (χ2n) is 4.67. The molecule has 2 rings (SSSR count). The molecule has 2 heterocycles. The number of hydrogen-bond donors (Lipinski definition) is 0. The summed E-state index contributed by atoms with van der Waals surface area (Å²) >= 11 is 0. The molecule has 0 aromatic heterocycles. The highest BCUT2D eigenvalue weighted by molar-refractivity contribution is 5.07. The van der Waals surface area contributed by atoms with Crippen molar-refractivity contribution in [1.82, 2.24) is 9.80 Å². The van der Waals surface area contributed by atoms with E-state index >= 15 is 0 Å². The molecule has 11 heavy (non-hydrogen) atoms. The van der Waals surface area contributed by atoms with Crippen LogP contribution in [0.25, 0.3) is 0 Å². The van der Waals surface area contributed by atoms with E-state index in [1.807, 2.05) is 0 Å². The van der Waals surface area contributed by atoms with E-state index in [0.717, 1.165) is 12.1 Å². The first-order valence-corrected chi connectivity index (χ1v) is 4.49. The van der Waals surface area contributed by atoms with Crippen molar-refractivity contribution in [3.63, 3.8) is 0 Å². The average molecular weight is 154 g/mol. The molecule has 0 N–H and O–H groups in total. The van der Waals surface area contributed by atoms with Crippen molar-refractivity contribution in [2.75, 3.05) is 20.1 Å². The van der Waals surface area contributed by atoms with Crippen LogP contribution in [0.15, 0.2) is 0 Å². The summed E-state index contributed by atoms with van der Waals surface area (Å²) < 4.78 is 0. The second-order valence-corrected chi connectivity index (χ2v) is 4.67. The lowest BCUT2D eigenvalue weighted by Crippen LogP contribution is -2.16. The van der Waals surface area contributed by atoms with E-state index < -0.39 is 0 Å². The minimum Gasteiger partial charge on any atom is -0.296 e. The van der Waals surface area contributed by atoms with Crippen LogP contribution >= 0.6 is 0 Å². The van der Waals surface area contributed by atoms with Crippen LogP contribution in [0.3, 0.4) is 0 Å². The Labute approximate surface area is 69.2 Å². The van der Waals surface area contributed by atoms with Crippen molar-refractivity contribution in [1.29, 1.82) is 0 Å². The van der Waals surface area contributed by atoms with Gasteiger partial charge in [-0.3, -0.25) is 9.80 Å². The van der Waals surface area contributed by atoms with Crippen LogP contribution in [-0.4, -0.2) is 47.6 Å². The van der Waals surface area contributed by atoms with Gasteiger partial charge in [-0.1, -0.05) is 0 Å². The molecule has 0 amide bonds. The minimum atomic E-state index is 0.517. The van der Waals surface area contributed by atoms with Gasteiger partial charge in [-0.2, -0.15) is 0 Å². The lowest BCUT2D eigenvalue weighted by atomic mass is 10.2. The number of likely N-dealkylation sites (N-methyl/N-ethyl adjacent to an activating group) is 1. The predicted molar refractivity (Wildman–Crippen MR) is 46.7 cm³/mol. The van der Waals surface area contributed by atoms with Gasteiger partial charge in [0.2, 0.25) is 0 Å². The van der Waals surface area contributed by atoms with Gasteiger partial charge in [-0.05, 0) is 27.8 Å². The molecule has 64 valence electrons. The van der Waals surface area contributed by atoms with Crippen molar-refractivity contribution >= 4 is 0 Å². The summed E-state index contributed by atoms with van der Waals surface area (Å²) in [5, 5.41) is 0. The Morgan fingerprint density at radius 3 is 2.18 bits per heavy atom. The van der Waals surface area contributed by atoms with Gasteiger partial charge in [-0.15, -0.1) is 0 Å². The Hall–Kier alpha value is -0.0800. The van der Waals surface area contributed by atoms with Crippen LogP contribution in [0.4, 0.5) is 0 Å². The fourth-order valence-electron chi connectivity index (χ4n) is 1.82. The molecule has 0 aromatic rings. The van der Waals surface area contributed by atoms with Gasteiger partial charge in [0.25, 0.3) is 0 Å². The van der Waals surface area contributed by atoms with Crippen LogP contribution < -0.4 is 0 Å². The van der Waals surface area contributed by atoms with Gasteiger partial charge in [-0.25, -0.2) is 0 Å². The summed E-state index contributed by atoms with van der Waals surface area (Å²) in [4.78, 5) is 4.99. The molecule has 2 nitrogen and oxygen atoms in total. The molecule has 2 fully saturated rings. The Morgan fingerprint density at radius 2 is 1.91 bits per heavy atom. The molecule has 0 aliphatic carbocycles. The minimum absolute atomic E-state index is 0.517. The summed E-state index contributed by atoms with van der Waals surface area (Å²) in [5.74, 6) is 0. The average Bonchev–Trinajstić information content (AvgIpc) is 2.66. The van der Waals surface area contributed by atoms with Crippen LogP contribution in [0.1, 0.15) is 20.8 Å². The highest BCUT2D eigenvalue weighted by Crippen LogP contribution is 2.35. The Bertz CT molecular complexity index is 168. The SMILES string of the molecule is CC1C(CN2CC2(C)C)N1C. The largest absolute Gasteiger partial charge is 0.296 e. The van der Waals surface area contributed by atoms with E-state index in [1.54, 1.807) is 0 Å². The fraction of sp³-hybridized carbons (Fsp3) is 1.00. The van der Waals surface area contributed by atoms with E-state index in [0.29, 0.717) is 5.54 Å². The van der Waals surface area contributed by atoms with E-state index in [2.05, 4.69) is 37.6 Å². The Balaban J connectivity index is 1.78. The third-order valence-corrected chi connectivity index (χ3v) is 3.37. The summed E-state index contributed by atoms with van der Waals surface area (Å²) in [7, 11) is 2.21. The lowest BCUT2D eigenvalue weighted by Gasteiger charge is -2.04. The first-order valence-electron chi connectivity index (χ1n) is 4.49. The molecule has 2 saturated heterocycles. The Morgan fingerprint density at radius 1 is 1.45 bits per heavy atom. The van der Waals surface area contributed by atoms with Crippen molar-refractivity contribution in [2.45, 2.75) is 38.4 Å². The van der Waals surface area contributed by atoms with Gasteiger partial charge >= 0.3 is 0 Å². The maximum atomic E-state index is 2.55. The van der Waals surface area contributed by atoms with E-state index in [4.69, 9.17) is 0 Å². The number of rotatable bonds is 2. The van der Waals surface area contributed by atoms with Gasteiger partial charge in [0.05, 0.1) is 0 Å². The van der Waals surface area contributed by atoms with Gasteiger partial charge in [0, 0.05) is 30.7 Å². The van der Waals surface area contributed by atoms with Gasteiger partial charge in [0.1, 0.15) is 0 Å². The van der Waals surface area contributed by atoms with Crippen molar-refractivity contribution in [2.24, 2.45) is 0 Å². The van der Waals surface area contributed by atoms with Gasteiger partial charge < -0.3 is 0 Å². The molecular weight excluding hydrogens is 136 g/mol. The topological polar surface area (TPSA) is 6.02 Å². The molecule has 0 saturated carbocycles. The lowest BCUT2D eigenvalue weighted by molar-refractivity contribution is 0.420. The molecule has 0 bridgehead atoms. The molecule has 0 aromatic carbocycles. The van der Waals surface area contributed by atoms with Crippen molar-refractivity contribution in [3.8, 4) is 0 Å². The quantitative estimate of drug-likeness (QED) is 0.542. The molecule has 0 spiro atoms. The van der Waals surface area contributed by atoms with E-state index in [1.165, 1.54) is 13.1 Å². The smallest absolute Gasteiger partial charge is 0.0376 e. The molecule has 4 unspecified atom stereocenters. The maximum absolute atomic E-state index is 2.55. The van der Waals surface area contributed by atoms with Crippen molar-refractivity contribution in [3.05, 3.63) is 0 Å². The molecular formula is C9H18N2. The number of hydrogen-bond acceptors (Lipinski definition) is 2. The molecule has 4 atom stereocenters. The molecule has 2 aliphatic heterocycles. The zero-order valence-electron chi connectivity index (χ0n) is 7.96. The highest BCUT2D eigenvalue weighted by atomic mass is 15.4. The molecule has 0 radical (unpaired) electrons. The Kier molecular flexibility index (Phi) is 1.37. The highest BCUT2D eigenvalue weighted by Gasteiger charge is 2.49. The van der Waals surface area contributed by atoms with Crippen LogP contribution in [-0.2, 0) is 0 Å². The molecule has 2 aliphatic rings. The monoisotopic (exact) mass is 154 g/mol. The zero-order valence-corrected chi connectivity index (χ0v) is 7.96. The maximum Gasteiger partial charge on any atom is 0.0376 e. The fourth-order valence-corrected chi connectivity index (χ4v) is 1.82. The first kappa shape index (κ1) is 7.56. The van der Waals surface area contributed by atoms with E-state index in [-0.39, 0.29) is 0 Å². The summed E-state index contributed by atoms with van der Waals surface area (Å²) in [5.41, 5.74) is 0.517. The zero-order chi connectivity index (χ0) is 8.22. The predicted octanol–water partition coefficient (Wildman–Crippen LogP) is 0.783. The van der Waals surface area contributed by atoms with E-state index in [9.17, 15) is 0 Å². The van der Waals surface area contributed by atoms with Crippen molar-refractivity contribution < 1.29 is 0 Å². The number of nitrogens with zero attached hydrogens (tertiary/aromatic N) is 2. The summed E-state index contributed by atoms with van der Waals surface area (Å²) in [6, 6.07) is 1.67. The summed E-state index contributed by atoms with van der Waals surface area (Å²) in [6.07, 6.45) is 0. The third kappa shape index (κ3) is 1.18. The third-order valence-electron chi connectivity index (χ3n) is 3.37. The van der Waals surface area contributed by atoms with Crippen LogP contribution in [0, 0.1) is 0 Å². The van der Waals surface area contributed by atoms with Crippen LogP contribution in [0.2, 0.25) is 0 Å². The molecule has 2 heteroatoms. The summed E-state index contributed by atoms with van der Waals surface area (Å²) in [6.45, 7) is 9.52. The standard InChI is InChI=1S/C9H18N2/c1-7-8(10(7)4)5-11-6-9(11,2)3/h7-8H,5-6H2,1-4H3. The van der Waals surface area contributed by atoms with Crippen LogP contribution in [0.5, 0.6) is 0 Å².